The van der Waals surface area contributed by atoms with E-state index >= 15 is 0 Å². The van der Waals surface area contributed by atoms with Crippen molar-refractivity contribution in [3.63, 3.8) is 0 Å². The van der Waals surface area contributed by atoms with Crippen LogP contribution in [0.5, 0.6) is 0 Å². The van der Waals surface area contributed by atoms with Crippen molar-refractivity contribution < 1.29 is 0 Å². The van der Waals surface area contributed by atoms with E-state index in [4.69, 9.17) is 5.73 Å². The Kier molecular flexibility index (Phi) is 3.56. The molecule has 21 heavy (non-hydrogen) atoms. The van der Waals surface area contributed by atoms with E-state index in [0.29, 0.717) is 5.82 Å². The summed E-state index contributed by atoms with van der Waals surface area (Å²) in [5.41, 5.74) is 11.4. The summed E-state index contributed by atoms with van der Waals surface area (Å²) in [5, 5.41) is 3.13. The van der Waals surface area contributed by atoms with Crippen molar-refractivity contribution in [2.45, 2.75) is 0 Å². The summed E-state index contributed by atoms with van der Waals surface area (Å²) in [6.07, 6.45) is 1.74. The van der Waals surface area contributed by atoms with E-state index < -0.39 is 0 Å². The molecule has 0 aliphatic rings. The maximum absolute atomic E-state index is 5.94. The summed E-state index contributed by atoms with van der Waals surface area (Å²) < 4.78 is 0. The second-order valence-corrected chi connectivity index (χ2v) is 4.82. The fourth-order valence-corrected chi connectivity index (χ4v) is 2.48. The summed E-state index contributed by atoms with van der Waals surface area (Å²) in [4.78, 5) is 4.13. The molecule has 0 bridgehead atoms. The Bertz CT molecular complexity index is 751. The van der Waals surface area contributed by atoms with Gasteiger partial charge in [0.1, 0.15) is 5.82 Å². The van der Waals surface area contributed by atoms with Crippen LogP contribution in [0.15, 0.2) is 66.9 Å². The molecule has 3 N–H and O–H groups in total. The summed E-state index contributed by atoms with van der Waals surface area (Å²) in [7, 11) is 1.86. The van der Waals surface area contributed by atoms with Crippen LogP contribution in [0.1, 0.15) is 0 Å². The highest BCUT2D eigenvalue weighted by molar-refractivity contribution is 5.85. The Morgan fingerprint density at radius 2 is 1.57 bits per heavy atom. The molecule has 0 radical (unpaired) electrons. The normalized spacial score (nSPS) is 10.3. The lowest BCUT2D eigenvalue weighted by Crippen LogP contribution is -2.00. The minimum absolute atomic E-state index is 0.514. The molecule has 1 heterocycles. The number of nitrogen functional groups attached to an aromatic ring is 1. The van der Waals surface area contributed by atoms with E-state index in [1.807, 2.05) is 31.3 Å². The topological polar surface area (TPSA) is 50.9 Å². The predicted octanol–water partition coefficient (Wildman–Crippen LogP) is 4.04. The van der Waals surface area contributed by atoms with Crippen LogP contribution in [0.3, 0.4) is 0 Å². The Hall–Kier alpha value is -2.81. The molecule has 104 valence electrons. The standard InChI is InChI=1S/C18H17N3/c1-20-17-16(10-11-21-18(17)19)15-9-5-8-14(12-15)13-6-3-2-4-7-13/h2-12,20H,1H3,(H2,19,21). The van der Waals surface area contributed by atoms with Crippen LogP contribution in [-0.4, -0.2) is 12.0 Å². The van der Waals surface area contributed by atoms with Gasteiger partial charge in [-0.15, -0.1) is 0 Å². The number of rotatable bonds is 3. The molecule has 0 aliphatic carbocycles. The number of hydrogen-bond acceptors (Lipinski definition) is 3. The van der Waals surface area contributed by atoms with Gasteiger partial charge < -0.3 is 11.1 Å². The van der Waals surface area contributed by atoms with Gasteiger partial charge >= 0.3 is 0 Å². The molecule has 3 rings (SSSR count). The van der Waals surface area contributed by atoms with Crippen molar-refractivity contribution in [3.8, 4) is 22.3 Å². The third-order valence-electron chi connectivity index (χ3n) is 3.51. The third kappa shape index (κ3) is 2.58. The van der Waals surface area contributed by atoms with Gasteiger partial charge in [-0.1, -0.05) is 48.5 Å². The summed E-state index contributed by atoms with van der Waals surface area (Å²) in [6.45, 7) is 0. The van der Waals surface area contributed by atoms with Crippen molar-refractivity contribution in [1.29, 1.82) is 0 Å². The maximum atomic E-state index is 5.94. The van der Waals surface area contributed by atoms with Crippen molar-refractivity contribution >= 4 is 11.5 Å². The lowest BCUT2D eigenvalue weighted by Gasteiger charge is -2.12. The first-order valence-electron chi connectivity index (χ1n) is 6.87. The molecular formula is C18H17N3. The van der Waals surface area contributed by atoms with Crippen LogP contribution in [0, 0.1) is 0 Å². The SMILES string of the molecule is CNc1c(-c2cccc(-c3ccccc3)c2)ccnc1N. The number of nitrogens with two attached hydrogens (primary N) is 1. The number of pyridine rings is 1. The van der Waals surface area contributed by atoms with Crippen LogP contribution < -0.4 is 11.1 Å². The molecule has 0 amide bonds. The van der Waals surface area contributed by atoms with Gasteiger partial charge in [0, 0.05) is 18.8 Å². The highest BCUT2D eigenvalue weighted by atomic mass is 14.9. The zero-order valence-corrected chi connectivity index (χ0v) is 11.9. The van der Waals surface area contributed by atoms with E-state index in [-0.39, 0.29) is 0 Å². The number of hydrogen-bond donors (Lipinski definition) is 2. The summed E-state index contributed by atoms with van der Waals surface area (Å²) in [6, 6.07) is 20.8. The molecular weight excluding hydrogens is 258 g/mol. The van der Waals surface area contributed by atoms with Gasteiger partial charge in [0.15, 0.2) is 0 Å². The van der Waals surface area contributed by atoms with Crippen molar-refractivity contribution in [2.24, 2.45) is 0 Å². The smallest absolute Gasteiger partial charge is 0.147 e. The number of aromatic nitrogens is 1. The molecule has 3 nitrogen and oxygen atoms in total. The third-order valence-corrected chi connectivity index (χ3v) is 3.51. The maximum Gasteiger partial charge on any atom is 0.147 e. The molecule has 1 aromatic heterocycles. The Morgan fingerprint density at radius 1 is 0.857 bits per heavy atom. The predicted molar refractivity (Wildman–Crippen MR) is 89.1 cm³/mol. The molecule has 0 fully saturated rings. The van der Waals surface area contributed by atoms with Gasteiger partial charge in [0.05, 0.1) is 5.69 Å². The lowest BCUT2D eigenvalue weighted by molar-refractivity contribution is 1.32. The van der Waals surface area contributed by atoms with Crippen molar-refractivity contribution in [3.05, 3.63) is 66.9 Å². The lowest BCUT2D eigenvalue weighted by atomic mass is 9.98. The quantitative estimate of drug-likeness (QED) is 0.758. The second-order valence-electron chi connectivity index (χ2n) is 4.82. The molecule has 0 aliphatic heterocycles. The van der Waals surface area contributed by atoms with Crippen LogP contribution >= 0.6 is 0 Å². The monoisotopic (exact) mass is 275 g/mol. The Morgan fingerprint density at radius 3 is 2.33 bits per heavy atom. The fraction of sp³-hybridized carbons (Fsp3) is 0.0556. The zero-order valence-electron chi connectivity index (χ0n) is 11.9. The van der Waals surface area contributed by atoms with E-state index in [0.717, 1.165) is 16.8 Å². The van der Waals surface area contributed by atoms with Crippen molar-refractivity contribution in [1.82, 2.24) is 4.98 Å². The highest BCUT2D eigenvalue weighted by Crippen LogP contribution is 2.33. The van der Waals surface area contributed by atoms with Gasteiger partial charge in [-0.05, 0) is 28.8 Å². The second kappa shape index (κ2) is 5.67. The average molecular weight is 275 g/mol. The number of nitrogens with zero attached hydrogens (tertiary/aromatic N) is 1. The number of anilines is 2. The van der Waals surface area contributed by atoms with Gasteiger partial charge in [-0.3, -0.25) is 0 Å². The molecule has 0 spiro atoms. The molecule has 0 saturated heterocycles. The fourth-order valence-electron chi connectivity index (χ4n) is 2.48. The molecule has 0 saturated carbocycles. The average Bonchev–Trinajstić information content (AvgIpc) is 2.55. The van der Waals surface area contributed by atoms with E-state index in [9.17, 15) is 0 Å². The van der Waals surface area contributed by atoms with Crippen LogP contribution in [0.2, 0.25) is 0 Å². The molecule has 0 unspecified atom stereocenters. The van der Waals surface area contributed by atoms with Crippen LogP contribution in [0.25, 0.3) is 22.3 Å². The Balaban J connectivity index is 2.11. The molecule has 3 heteroatoms. The molecule has 0 atom stereocenters. The first kappa shape index (κ1) is 13.2. The molecule has 3 aromatic rings. The summed E-state index contributed by atoms with van der Waals surface area (Å²) in [5.74, 6) is 0.514. The summed E-state index contributed by atoms with van der Waals surface area (Å²) >= 11 is 0. The first-order chi connectivity index (χ1) is 10.3. The van der Waals surface area contributed by atoms with Crippen LogP contribution in [0.4, 0.5) is 11.5 Å². The van der Waals surface area contributed by atoms with E-state index in [2.05, 4.69) is 46.7 Å². The minimum Gasteiger partial charge on any atom is -0.385 e. The van der Waals surface area contributed by atoms with Gasteiger partial charge in [0.2, 0.25) is 0 Å². The van der Waals surface area contributed by atoms with Crippen LogP contribution in [-0.2, 0) is 0 Å². The number of nitrogens with one attached hydrogen (secondary N) is 1. The Labute approximate surface area is 124 Å². The van der Waals surface area contributed by atoms with Gasteiger partial charge in [0.25, 0.3) is 0 Å². The highest BCUT2D eigenvalue weighted by Gasteiger charge is 2.08. The zero-order chi connectivity index (χ0) is 14.7. The number of benzene rings is 2. The van der Waals surface area contributed by atoms with Crippen molar-refractivity contribution in [2.75, 3.05) is 18.1 Å². The minimum atomic E-state index is 0.514. The van der Waals surface area contributed by atoms with E-state index in [1.165, 1.54) is 11.1 Å². The first-order valence-corrected chi connectivity index (χ1v) is 6.87. The largest absolute Gasteiger partial charge is 0.385 e. The van der Waals surface area contributed by atoms with Gasteiger partial charge in [-0.25, -0.2) is 4.98 Å². The van der Waals surface area contributed by atoms with Gasteiger partial charge in [-0.2, -0.15) is 0 Å². The molecule has 2 aromatic carbocycles. The van der Waals surface area contributed by atoms with E-state index in [1.54, 1.807) is 6.20 Å².